The molecule has 11 heteroatoms. The van der Waals surface area contributed by atoms with Crippen molar-refractivity contribution in [3.8, 4) is 0 Å². The van der Waals surface area contributed by atoms with Crippen LogP contribution in [0.2, 0.25) is 0 Å². The van der Waals surface area contributed by atoms with E-state index < -0.39 is 23.6 Å². The summed E-state index contributed by atoms with van der Waals surface area (Å²) in [6.07, 6.45) is 0.885. The Balaban J connectivity index is 1.54. The van der Waals surface area contributed by atoms with Crippen LogP contribution in [-0.4, -0.2) is 37.5 Å². The van der Waals surface area contributed by atoms with Gasteiger partial charge in [-0.2, -0.15) is 5.10 Å². The fourth-order valence-electron chi connectivity index (χ4n) is 3.65. The fraction of sp³-hybridized carbons (Fsp3) is 0.160. The number of fused-ring (bicyclic) bond motifs is 1. The van der Waals surface area contributed by atoms with Crippen molar-refractivity contribution >= 4 is 23.4 Å². The first-order valence-electron chi connectivity index (χ1n) is 10.8. The number of hydrogen-bond acceptors (Lipinski definition) is 5. The molecular weight excluding hydrogens is 472 g/mol. The van der Waals surface area contributed by atoms with Crippen molar-refractivity contribution in [3.05, 3.63) is 99.5 Å². The third kappa shape index (κ3) is 5.04. The Morgan fingerprint density at radius 1 is 0.889 bits per heavy atom. The Labute approximate surface area is 203 Å². The molecule has 4 aromatic rings. The molecule has 0 unspecified atom stereocenters. The topological polar surface area (TPSA) is 126 Å². The molecule has 3 N–H and O–H groups in total. The van der Waals surface area contributed by atoms with E-state index in [2.05, 4.69) is 20.7 Å². The van der Waals surface area contributed by atoms with Gasteiger partial charge in [-0.3, -0.25) is 9.59 Å². The molecular formula is C25H21F2N5O4. The standard InChI is InChI=1S/C25H21F2N5O4/c1-13-7-15(3-5-17(13)25(35)36)11-29-24(34)21-9-20(31-22-19(27)12-30-32(21)22)23(33)28-10-16-4-6-18(26)14(2)8-16/h3-9,12H,10-11H2,1-2H3,(H,28,33)(H,29,34)(H,35,36). The number of nitrogens with one attached hydrogen (secondary N) is 2. The van der Waals surface area contributed by atoms with E-state index in [1.54, 1.807) is 32.0 Å². The van der Waals surface area contributed by atoms with Crippen LogP contribution >= 0.6 is 0 Å². The summed E-state index contributed by atoms with van der Waals surface area (Å²) in [6, 6.07) is 10.3. The molecule has 9 nitrogen and oxygen atoms in total. The maximum Gasteiger partial charge on any atom is 0.335 e. The normalized spacial score (nSPS) is 10.9. The summed E-state index contributed by atoms with van der Waals surface area (Å²) in [7, 11) is 0. The van der Waals surface area contributed by atoms with Gasteiger partial charge in [0, 0.05) is 19.2 Å². The Morgan fingerprint density at radius 3 is 2.17 bits per heavy atom. The summed E-state index contributed by atoms with van der Waals surface area (Å²) in [5.41, 5.74) is 1.79. The number of carboxylic acid groups (broad SMARTS) is 1. The largest absolute Gasteiger partial charge is 0.478 e. The fourth-order valence-corrected chi connectivity index (χ4v) is 3.65. The molecule has 0 saturated carbocycles. The lowest BCUT2D eigenvalue weighted by Crippen LogP contribution is -2.28. The SMILES string of the molecule is Cc1cc(CNC(=O)c2cc(C(=O)NCc3ccc(C(=O)O)c(C)c3)n3ncc(F)c3n2)ccc1F. The molecule has 0 bridgehead atoms. The van der Waals surface area contributed by atoms with Crippen LogP contribution in [-0.2, 0) is 13.1 Å². The van der Waals surface area contributed by atoms with Crippen LogP contribution in [0.1, 0.15) is 53.6 Å². The van der Waals surface area contributed by atoms with Crippen LogP contribution in [0.5, 0.6) is 0 Å². The third-order valence-electron chi connectivity index (χ3n) is 5.54. The Hall–Kier alpha value is -4.67. The molecule has 4 rings (SSSR count). The molecule has 0 saturated heterocycles. The highest BCUT2D eigenvalue weighted by Crippen LogP contribution is 2.14. The van der Waals surface area contributed by atoms with Gasteiger partial charge in [-0.05, 0) is 48.2 Å². The molecule has 2 aromatic carbocycles. The number of nitrogens with zero attached hydrogens (tertiary/aromatic N) is 3. The molecule has 36 heavy (non-hydrogen) atoms. The molecule has 184 valence electrons. The van der Waals surface area contributed by atoms with Crippen LogP contribution < -0.4 is 10.6 Å². The van der Waals surface area contributed by atoms with E-state index in [1.807, 2.05) is 0 Å². The number of benzene rings is 2. The van der Waals surface area contributed by atoms with E-state index in [9.17, 15) is 23.2 Å². The number of amides is 2. The lowest BCUT2D eigenvalue weighted by Gasteiger charge is -2.11. The van der Waals surface area contributed by atoms with Gasteiger partial charge in [0.1, 0.15) is 17.2 Å². The number of rotatable bonds is 7. The van der Waals surface area contributed by atoms with E-state index in [-0.39, 0.29) is 41.5 Å². The summed E-state index contributed by atoms with van der Waals surface area (Å²) < 4.78 is 28.7. The van der Waals surface area contributed by atoms with Crippen LogP contribution in [0.3, 0.4) is 0 Å². The number of aryl methyl sites for hydroxylation is 2. The highest BCUT2D eigenvalue weighted by atomic mass is 19.1. The highest BCUT2D eigenvalue weighted by Gasteiger charge is 2.20. The first-order valence-corrected chi connectivity index (χ1v) is 10.8. The van der Waals surface area contributed by atoms with Gasteiger partial charge in [0.05, 0.1) is 11.8 Å². The second-order valence-electron chi connectivity index (χ2n) is 8.16. The van der Waals surface area contributed by atoms with E-state index in [4.69, 9.17) is 5.11 Å². The van der Waals surface area contributed by atoms with E-state index in [1.165, 1.54) is 24.3 Å². The number of carbonyl (C=O) groups is 3. The molecule has 0 radical (unpaired) electrons. The molecule has 0 spiro atoms. The van der Waals surface area contributed by atoms with Gasteiger partial charge in [-0.25, -0.2) is 23.1 Å². The first kappa shape index (κ1) is 24.5. The molecule has 0 aliphatic carbocycles. The summed E-state index contributed by atoms with van der Waals surface area (Å²) in [5.74, 6) is -3.53. The predicted molar refractivity (Wildman–Crippen MR) is 125 cm³/mol. The zero-order chi connectivity index (χ0) is 26.0. The molecule has 2 heterocycles. The summed E-state index contributed by atoms with van der Waals surface area (Å²) in [6.45, 7) is 3.37. The van der Waals surface area contributed by atoms with Gasteiger partial charge < -0.3 is 15.7 Å². The highest BCUT2D eigenvalue weighted by molar-refractivity contribution is 5.98. The Morgan fingerprint density at radius 2 is 1.53 bits per heavy atom. The number of carbonyl (C=O) groups excluding carboxylic acids is 2. The predicted octanol–water partition coefficient (Wildman–Crippen LogP) is 3.18. The second kappa shape index (κ2) is 9.90. The zero-order valence-corrected chi connectivity index (χ0v) is 19.3. The molecule has 0 atom stereocenters. The van der Waals surface area contributed by atoms with Crippen LogP contribution in [0.15, 0.2) is 48.7 Å². The van der Waals surface area contributed by atoms with Crippen LogP contribution in [0, 0.1) is 25.5 Å². The average Bonchev–Trinajstić information content (AvgIpc) is 3.22. The van der Waals surface area contributed by atoms with Crippen LogP contribution in [0.4, 0.5) is 8.78 Å². The van der Waals surface area contributed by atoms with E-state index >= 15 is 0 Å². The molecule has 0 fully saturated rings. The minimum absolute atomic E-state index is 0.0542. The van der Waals surface area contributed by atoms with Gasteiger partial charge in [0.25, 0.3) is 11.8 Å². The molecule has 0 aliphatic rings. The summed E-state index contributed by atoms with van der Waals surface area (Å²) >= 11 is 0. The van der Waals surface area contributed by atoms with Gasteiger partial charge in [0.15, 0.2) is 11.5 Å². The van der Waals surface area contributed by atoms with Gasteiger partial charge in [-0.1, -0.05) is 24.3 Å². The number of halogens is 2. The van der Waals surface area contributed by atoms with Crippen molar-refractivity contribution in [2.45, 2.75) is 26.9 Å². The maximum absolute atomic E-state index is 14.3. The van der Waals surface area contributed by atoms with Crippen LogP contribution in [0.25, 0.3) is 5.65 Å². The summed E-state index contributed by atoms with van der Waals surface area (Å²) in [4.78, 5) is 40.9. The average molecular weight is 493 g/mol. The van der Waals surface area contributed by atoms with E-state index in [0.717, 1.165) is 10.7 Å². The van der Waals surface area contributed by atoms with E-state index in [0.29, 0.717) is 22.3 Å². The van der Waals surface area contributed by atoms with Crippen molar-refractivity contribution < 1.29 is 28.3 Å². The maximum atomic E-state index is 14.3. The van der Waals surface area contributed by atoms with Gasteiger partial charge in [0.2, 0.25) is 0 Å². The monoisotopic (exact) mass is 493 g/mol. The number of carboxylic acids is 1. The lowest BCUT2D eigenvalue weighted by molar-refractivity contribution is 0.0695. The van der Waals surface area contributed by atoms with Crippen molar-refractivity contribution in [2.75, 3.05) is 0 Å². The smallest absolute Gasteiger partial charge is 0.335 e. The van der Waals surface area contributed by atoms with Crippen molar-refractivity contribution in [3.63, 3.8) is 0 Å². The van der Waals surface area contributed by atoms with Gasteiger partial charge >= 0.3 is 5.97 Å². The Bertz CT molecular complexity index is 1520. The quantitative estimate of drug-likeness (QED) is 0.363. The Kier molecular flexibility index (Phi) is 6.73. The van der Waals surface area contributed by atoms with Crippen molar-refractivity contribution in [1.82, 2.24) is 25.2 Å². The minimum Gasteiger partial charge on any atom is -0.478 e. The van der Waals surface area contributed by atoms with Crippen molar-refractivity contribution in [1.29, 1.82) is 0 Å². The van der Waals surface area contributed by atoms with Crippen molar-refractivity contribution in [2.24, 2.45) is 0 Å². The molecule has 2 aromatic heterocycles. The molecule has 0 aliphatic heterocycles. The number of hydrogen-bond donors (Lipinski definition) is 3. The first-order chi connectivity index (χ1) is 17.1. The lowest BCUT2D eigenvalue weighted by atomic mass is 10.1. The van der Waals surface area contributed by atoms with Gasteiger partial charge in [-0.15, -0.1) is 0 Å². The zero-order valence-electron chi connectivity index (χ0n) is 19.3. The number of aromatic carboxylic acids is 1. The number of aromatic nitrogens is 3. The summed E-state index contributed by atoms with van der Waals surface area (Å²) in [5, 5.41) is 18.3. The molecule has 2 amide bonds. The third-order valence-corrected chi connectivity index (χ3v) is 5.54. The minimum atomic E-state index is -1.05. The second-order valence-corrected chi connectivity index (χ2v) is 8.16.